The van der Waals surface area contributed by atoms with E-state index >= 15 is 0 Å². The van der Waals surface area contributed by atoms with E-state index in [2.05, 4.69) is 15.5 Å². The number of benzene rings is 3. The van der Waals surface area contributed by atoms with E-state index in [0.717, 1.165) is 10.8 Å². The molecule has 0 atom stereocenters. The fourth-order valence-electron chi connectivity index (χ4n) is 3.26. The molecule has 31 heavy (non-hydrogen) atoms. The molecule has 5 aromatic rings. The van der Waals surface area contributed by atoms with Gasteiger partial charge in [-0.15, -0.1) is 5.10 Å². The van der Waals surface area contributed by atoms with E-state index in [1.165, 1.54) is 6.07 Å². The molecule has 0 aliphatic rings. The van der Waals surface area contributed by atoms with E-state index in [0.29, 0.717) is 26.6 Å². The summed E-state index contributed by atoms with van der Waals surface area (Å²) >= 11 is 12.0. The van der Waals surface area contributed by atoms with Crippen molar-refractivity contribution < 1.29 is 13.6 Å². The number of carbonyl (C=O) groups is 1. The number of nitrogens with zero attached hydrogens (tertiary/aromatic N) is 2. The summed E-state index contributed by atoms with van der Waals surface area (Å²) in [6.07, 6.45) is 0. The van der Waals surface area contributed by atoms with Gasteiger partial charge in [0, 0.05) is 21.0 Å². The fourth-order valence-corrected chi connectivity index (χ4v) is 3.79. The fraction of sp³-hybridized carbons (Fsp3) is 0. The summed E-state index contributed by atoms with van der Waals surface area (Å²) in [4.78, 5) is 25.1. The van der Waals surface area contributed by atoms with Gasteiger partial charge in [0.05, 0.1) is 0 Å². The summed E-state index contributed by atoms with van der Waals surface area (Å²) in [5.41, 5.74) is -0.0867. The van der Waals surface area contributed by atoms with Crippen LogP contribution in [0.25, 0.3) is 33.2 Å². The quantitative estimate of drug-likeness (QED) is 0.285. The van der Waals surface area contributed by atoms with Gasteiger partial charge in [-0.05, 0) is 41.1 Å². The van der Waals surface area contributed by atoms with E-state index in [1.807, 2.05) is 30.3 Å². The molecule has 0 bridgehead atoms. The molecule has 9 heteroatoms. The van der Waals surface area contributed by atoms with E-state index in [9.17, 15) is 9.59 Å². The lowest BCUT2D eigenvalue weighted by Gasteiger charge is -2.05. The van der Waals surface area contributed by atoms with E-state index in [1.54, 1.807) is 24.3 Å². The molecule has 0 unspecified atom stereocenters. The number of rotatable bonds is 3. The molecule has 1 amide bonds. The zero-order valence-corrected chi connectivity index (χ0v) is 17.1. The van der Waals surface area contributed by atoms with Crippen LogP contribution in [0.5, 0.6) is 0 Å². The van der Waals surface area contributed by atoms with Crippen LogP contribution in [0.4, 0.5) is 6.01 Å². The first-order chi connectivity index (χ1) is 15.0. The highest BCUT2D eigenvalue weighted by molar-refractivity contribution is 6.35. The Morgan fingerprint density at radius 2 is 1.65 bits per heavy atom. The minimum absolute atomic E-state index is 0.108. The maximum Gasteiger partial charge on any atom is 0.349 e. The topological polar surface area (TPSA) is 98.2 Å². The second kappa shape index (κ2) is 7.54. The van der Waals surface area contributed by atoms with Crippen molar-refractivity contribution in [2.75, 3.05) is 5.32 Å². The lowest BCUT2D eigenvalue weighted by atomic mass is 10.0. The number of fused-ring (bicyclic) bond motifs is 3. The normalized spacial score (nSPS) is 11.2. The molecule has 0 fully saturated rings. The van der Waals surface area contributed by atoms with E-state index in [-0.39, 0.29) is 17.5 Å². The summed E-state index contributed by atoms with van der Waals surface area (Å²) in [5, 5.41) is 13.3. The predicted octanol–water partition coefficient (Wildman–Crippen LogP) is 5.56. The van der Waals surface area contributed by atoms with Gasteiger partial charge in [0.1, 0.15) is 11.1 Å². The van der Waals surface area contributed by atoms with Gasteiger partial charge >= 0.3 is 11.6 Å². The minimum atomic E-state index is -0.776. The van der Waals surface area contributed by atoms with Crippen LogP contribution in [0.3, 0.4) is 0 Å². The Kier molecular flexibility index (Phi) is 4.69. The Morgan fingerprint density at radius 3 is 2.45 bits per heavy atom. The molecule has 5 rings (SSSR count). The molecule has 2 aromatic heterocycles. The lowest BCUT2D eigenvalue weighted by molar-refractivity contribution is 0.102. The number of anilines is 1. The first-order valence-corrected chi connectivity index (χ1v) is 9.80. The zero-order chi connectivity index (χ0) is 21.5. The van der Waals surface area contributed by atoms with Crippen LogP contribution in [0.15, 0.2) is 74.3 Å². The molecule has 2 heterocycles. The average Bonchev–Trinajstić information content (AvgIpc) is 3.21. The number of amides is 1. The Balaban J connectivity index is 1.49. The molecule has 3 aromatic carbocycles. The molecule has 0 aliphatic carbocycles. The molecule has 1 N–H and O–H groups in total. The Bertz CT molecular complexity index is 1520. The molecular weight excluding hydrogens is 441 g/mol. The van der Waals surface area contributed by atoms with Crippen LogP contribution in [0, 0.1) is 0 Å². The van der Waals surface area contributed by atoms with Crippen molar-refractivity contribution in [3.8, 4) is 11.5 Å². The van der Waals surface area contributed by atoms with Crippen LogP contribution in [0.1, 0.15) is 10.4 Å². The number of hydrogen-bond donors (Lipinski definition) is 1. The van der Waals surface area contributed by atoms with Gasteiger partial charge in [0.15, 0.2) is 0 Å². The van der Waals surface area contributed by atoms with E-state index < -0.39 is 11.5 Å². The molecular formula is C22H11Cl2N3O4. The highest BCUT2D eigenvalue weighted by Crippen LogP contribution is 2.28. The van der Waals surface area contributed by atoms with Gasteiger partial charge in [-0.3, -0.25) is 10.1 Å². The number of hydrogen-bond acceptors (Lipinski definition) is 6. The van der Waals surface area contributed by atoms with Crippen molar-refractivity contribution in [3.05, 3.63) is 86.7 Å². The second-order valence-corrected chi connectivity index (χ2v) is 7.54. The number of carbonyl (C=O) groups excluding carboxylic acids is 1. The van der Waals surface area contributed by atoms with Gasteiger partial charge < -0.3 is 8.83 Å². The number of halogens is 2. The highest BCUT2D eigenvalue weighted by atomic mass is 35.5. The predicted molar refractivity (Wildman–Crippen MR) is 118 cm³/mol. The molecule has 0 aliphatic heterocycles. The standard InChI is InChI=1S/C22H11Cl2N3O4/c23-13-7-12(8-14(24)9-13)20-26-27-22(31-20)25-19(28)17-10-16-15-4-2-1-3-11(15)5-6-18(16)30-21(17)29/h1-10H,(H,25,27,28). The number of aromatic nitrogens is 2. The van der Waals surface area contributed by atoms with Gasteiger partial charge in [-0.25, -0.2) is 4.79 Å². The van der Waals surface area contributed by atoms with Crippen LogP contribution in [-0.4, -0.2) is 16.1 Å². The number of nitrogens with one attached hydrogen (secondary N) is 1. The SMILES string of the molecule is O=C(Nc1nnc(-c2cc(Cl)cc(Cl)c2)o1)c1cc2c(ccc3ccccc32)oc1=O. The van der Waals surface area contributed by atoms with Crippen LogP contribution >= 0.6 is 23.2 Å². The van der Waals surface area contributed by atoms with Crippen molar-refractivity contribution in [1.29, 1.82) is 0 Å². The van der Waals surface area contributed by atoms with Crippen molar-refractivity contribution in [1.82, 2.24) is 10.2 Å². The molecule has 0 saturated carbocycles. The Morgan fingerprint density at radius 1 is 0.871 bits per heavy atom. The summed E-state index contributed by atoms with van der Waals surface area (Å²) in [5.74, 6) is -0.626. The van der Waals surface area contributed by atoms with Gasteiger partial charge in [-0.2, -0.15) is 0 Å². The van der Waals surface area contributed by atoms with E-state index in [4.69, 9.17) is 32.0 Å². The minimum Gasteiger partial charge on any atom is -0.422 e. The summed E-state index contributed by atoms with van der Waals surface area (Å²) in [6.45, 7) is 0. The van der Waals surface area contributed by atoms with Crippen LogP contribution in [-0.2, 0) is 0 Å². The zero-order valence-electron chi connectivity index (χ0n) is 15.6. The van der Waals surface area contributed by atoms with Gasteiger partial charge in [-0.1, -0.05) is 58.6 Å². The summed E-state index contributed by atoms with van der Waals surface area (Å²) in [7, 11) is 0. The molecule has 0 saturated heterocycles. The van der Waals surface area contributed by atoms with Crippen molar-refractivity contribution in [2.45, 2.75) is 0 Å². The average molecular weight is 452 g/mol. The maximum atomic E-state index is 12.7. The first-order valence-electron chi connectivity index (χ1n) is 9.05. The van der Waals surface area contributed by atoms with Gasteiger partial charge in [0.2, 0.25) is 5.89 Å². The second-order valence-electron chi connectivity index (χ2n) is 6.67. The van der Waals surface area contributed by atoms with Crippen molar-refractivity contribution >= 4 is 56.9 Å². The highest BCUT2D eigenvalue weighted by Gasteiger charge is 2.18. The third-order valence-electron chi connectivity index (χ3n) is 4.64. The van der Waals surface area contributed by atoms with Crippen molar-refractivity contribution in [2.24, 2.45) is 0 Å². The van der Waals surface area contributed by atoms with Crippen LogP contribution in [0.2, 0.25) is 10.0 Å². The Labute approximate surface area is 184 Å². The van der Waals surface area contributed by atoms with Gasteiger partial charge in [0.25, 0.3) is 5.91 Å². The third kappa shape index (κ3) is 3.65. The molecule has 0 radical (unpaired) electrons. The maximum absolute atomic E-state index is 12.7. The first kappa shape index (κ1) is 19.3. The summed E-state index contributed by atoms with van der Waals surface area (Å²) in [6, 6.07) is 17.2. The van der Waals surface area contributed by atoms with Crippen LogP contribution < -0.4 is 10.9 Å². The molecule has 7 nitrogen and oxygen atoms in total. The molecule has 152 valence electrons. The monoisotopic (exact) mass is 451 g/mol. The summed E-state index contributed by atoms with van der Waals surface area (Å²) < 4.78 is 10.8. The molecule has 0 spiro atoms. The third-order valence-corrected chi connectivity index (χ3v) is 5.08. The van der Waals surface area contributed by atoms with Crippen molar-refractivity contribution in [3.63, 3.8) is 0 Å². The Hall–Kier alpha value is -3.68. The smallest absolute Gasteiger partial charge is 0.349 e. The largest absolute Gasteiger partial charge is 0.422 e. The lowest BCUT2D eigenvalue weighted by Crippen LogP contribution is -2.20.